The molecule has 2 heteroatoms. The molecule has 1 aromatic carbocycles. The van der Waals surface area contributed by atoms with Gasteiger partial charge >= 0.3 is 0 Å². The van der Waals surface area contributed by atoms with Crippen LogP contribution < -0.4 is 5.73 Å². The van der Waals surface area contributed by atoms with E-state index in [2.05, 4.69) is 0 Å². The van der Waals surface area contributed by atoms with Crippen LogP contribution in [0.4, 0.5) is 0 Å². The van der Waals surface area contributed by atoms with E-state index in [-0.39, 0.29) is 6.10 Å². The molecule has 2 rings (SSSR count). The highest BCUT2D eigenvalue weighted by molar-refractivity contribution is 5.37. The third-order valence-corrected chi connectivity index (χ3v) is 2.77. The maximum atomic E-state index is 6.37. The molecule has 0 heterocycles. The van der Waals surface area contributed by atoms with Gasteiger partial charge in [0.25, 0.3) is 0 Å². The van der Waals surface area contributed by atoms with Crippen molar-refractivity contribution in [1.82, 2.24) is 0 Å². The van der Waals surface area contributed by atoms with E-state index in [0.29, 0.717) is 0 Å². The fraction of sp³-hybridized carbons (Fsp3) is 0.231. The van der Waals surface area contributed by atoms with E-state index in [9.17, 15) is 0 Å². The van der Waals surface area contributed by atoms with E-state index in [1.54, 1.807) is 7.11 Å². The van der Waals surface area contributed by atoms with Crippen molar-refractivity contribution in [2.24, 2.45) is 5.73 Å². The average Bonchev–Trinajstić information content (AvgIpc) is 2.31. The Morgan fingerprint density at radius 2 is 1.93 bits per heavy atom. The van der Waals surface area contributed by atoms with Gasteiger partial charge in [-0.2, -0.15) is 0 Å². The lowest BCUT2D eigenvalue weighted by Crippen LogP contribution is -2.47. The summed E-state index contributed by atoms with van der Waals surface area (Å²) in [6.45, 7) is 0. The Morgan fingerprint density at radius 3 is 2.60 bits per heavy atom. The molecule has 1 aromatic rings. The lowest BCUT2D eigenvalue weighted by atomic mass is 9.82. The second kappa shape index (κ2) is 4.01. The third-order valence-electron chi connectivity index (χ3n) is 2.77. The van der Waals surface area contributed by atoms with Gasteiger partial charge in [0.2, 0.25) is 0 Å². The van der Waals surface area contributed by atoms with Gasteiger partial charge in [-0.25, -0.2) is 0 Å². The number of allylic oxidation sites excluding steroid dienone is 2. The largest absolute Gasteiger partial charge is 0.375 e. The van der Waals surface area contributed by atoms with Crippen molar-refractivity contribution in [3.05, 3.63) is 60.2 Å². The predicted octanol–water partition coefficient (Wildman–Crippen LogP) is 1.98. The van der Waals surface area contributed by atoms with Crippen molar-refractivity contribution >= 4 is 0 Å². The first-order valence-corrected chi connectivity index (χ1v) is 5.00. The zero-order valence-corrected chi connectivity index (χ0v) is 8.76. The Labute approximate surface area is 90.1 Å². The topological polar surface area (TPSA) is 35.2 Å². The summed E-state index contributed by atoms with van der Waals surface area (Å²) in [6.07, 6.45) is 7.78. The van der Waals surface area contributed by atoms with Crippen LogP contribution in [0.3, 0.4) is 0 Å². The molecule has 1 aliphatic carbocycles. The predicted molar refractivity (Wildman–Crippen MR) is 61.4 cm³/mol. The van der Waals surface area contributed by atoms with Crippen molar-refractivity contribution in [2.45, 2.75) is 11.6 Å². The molecule has 0 amide bonds. The van der Waals surface area contributed by atoms with Crippen molar-refractivity contribution in [2.75, 3.05) is 7.11 Å². The Bertz CT molecular complexity index is 383. The monoisotopic (exact) mass is 201 g/mol. The molecule has 2 atom stereocenters. The molecule has 15 heavy (non-hydrogen) atoms. The molecule has 1 aliphatic rings. The summed E-state index contributed by atoms with van der Waals surface area (Å²) in [5.74, 6) is 0. The summed E-state index contributed by atoms with van der Waals surface area (Å²) in [5, 5.41) is 0. The minimum Gasteiger partial charge on any atom is -0.375 e. The van der Waals surface area contributed by atoms with Crippen LogP contribution in [0, 0.1) is 0 Å². The van der Waals surface area contributed by atoms with Gasteiger partial charge in [-0.1, -0.05) is 54.6 Å². The molecule has 0 saturated carbocycles. The number of methoxy groups -OCH3 is 1. The molecule has 0 fully saturated rings. The van der Waals surface area contributed by atoms with Crippen molar-refractivity contribution < 1.29 is 4.74 Å². The summed E-state index contributed by atoms with van der Waals surface area (Å²) in [4.78, 5) is 0. The van der Waals surface area contributed by atoms with Crippen LogP contribution in [0.15, 0.2) is 54.6 Å². The number of rotatable bonds is 2. The Morgan fingerprint density at radius 1 is 1.20 bits per heavy atom. The van der Waals surface area contributed by atoms with E-state index >= 15 is 0 Å². The van der Waals surface area contributed by atoms with Gasteiger partial charge in [0, 0.05) is 7.11 Å². The molecule has 0 radical (unpaired) electrons. The van der Waals surface area contributed by atoms with Gasteiger partial charge in [-0.15, -0.1) is 0 Å². The smallest absolute Gasteiger partial charge is 0.101 e. The first kappa shape index (κ1) is 10.1. The van der Waals surface area contributed by atoms with E-state index < -0.39 is 5.54 Å². The number of nitrogens with two attached hydrogens (primary N) is 1. The Balaban J connectivity index is 2.41. The molecular formula is C13H15NO. The highest BCUT2D eigenvalue weighted by Crippen LogP contribution is 2.28. The summed E-state index contributed by atoms with van der Waals surface area (Å²) in [5.41, 5.74) is 6.89. The van der Waals surface area contributed by atoms with Gasteiger partial charge in [-0.3, -0.25) is 0 Å². The second-order valence-electron chi connectivity index (χ2n) is 3.70. The summed E-state index contributed by atoms with van der Waals surface area (Å²) in [6, 6.07) is 10.0. The van der Waals surface area contributed by atoms with Gasteiger partial charge in [0.05, 0.1) is 5.54 Å². The lowest BCUT2D eigenvalue weighted by Gasteiger charge is -2.34. The van der Waals surface area contributed by atoms with Crippen molar-refractivity contribution in [3.63, 3.8) is 0 Å². The molecule has 0 unspecified atom stereocenters. The SMILES string of the molecule is CO[C@@H]1C=CC=C[C@]1(N)c1ccccc1. The maximum absolute atomic E-state index is 6.37. The number of hydrogen-bond acceptors (Lipinski definition) is 2. The highest BCUT2D eigenvalue weighted by atomic mass is 16.5. The van der Waals surface area contributed by atoms with Gasteiger partial charge in [0.15, 0.2) is 0 Å². The number of ether oxygens (including phenoxy) is 1. The normalized spacial score (nSPS) is 29.3. The van der Waals surface area contributed by atoms with Crippen molar-refractivity contribution in [3.8, 4) is 0 Å². The van der Waals surface area contributed by atoms with Crippen LogP contribution in [-0.2, 0) is 10.3 Å². The number of benzene rings is 1. The summed E-state index contributed by atoms with van der Waals surface area (Å²) < 4.78 is 5.40. The minimum atomic E-state index is -0.551. The fourth-order valence-electron chi connectivity index (χ4n) is 1.89. The molecule has 0 aliphatic heterocycles. The minimum absolute atomic E-state index is 0.107. The zero-order valence-electron chi connectivity index (χ0n) is 8.76. The standard InChI is InChI=1S/C13H15NO/c1-15-12-9-5-6-10-13(12,14)11-7-3-2-4-8-11/h2-10,12H,14H2,1H3/t12-,13+/m1/s1. The van der Waals surface area contributed by atoms with E-state index in [1.807, 2.05) is 54.6 Å². The Kier molecular flexibility index (Phi) is 2.71. The first-order chi connectivity index (χ1) is 7.27. The van der Waals surface area contributed by atoms with E-state index in [1.165, 1.54) is 0 Å². The van der Waals surface area contributed by atoms with Crippen LogP contribution in [-0.4, -0.2) is 13.2 Å². The quantitative estimate of drug-likeness (QED) is 0.794. The molecule has 0 bridgehead atoms. The molecular weight excluding hydrogens is 186 g/mol. The second-order valence-corrected chi connectivity index (χ2v) is 3.70. The molecule has 0 spiro atoms. The third kappa shape index (κ3) is 1.74. The highest BCUT2D eigenvalue weighted by Gasteiger charge is 2.33. The molecule has 78 valence electrons. The lowest BCUT2D eigenvalue weighted by molar-refractivity contribution is 0.0889. The average molecular weight is 201 g/mol. The molecule has 0 saturated heterocycles. The molecule has 2 nitrogen and oxygen atoms in total. The zero-order chi connectivity index (χ0) is 10.7. The molecule has 0 aromatic heterocycles. The van der Waals surface area contributed by atoms with Crippen LogP contribution in [0.5, 0.6) is 0 Å². The maximum Gasteiger partial charge on any atom is 0.101 e. The summed E-state index contributed by atoms with van der Waals surface area (Å²) in [7, 11) is 1.68. The van der Waals surface area contributed by atoms with Crippen LogP contribution in [0.1, 0.15) is 5.56 Å². The first-order valence-electron chi connectivity index (χ1n) is 5.00. The van der Waals surface area contributed by atoms with E-state index in [0.717, 1.165) is 5.56 Å². The van der Waals surface area contributed by atoms with Gasteiger partial charge in [-0.05, 0) is 5.56 Å². The van der Waals surface area contributed by atoms with Crippen LogP contribution in [0.2, 0.25) is 0 Å². The molecule has 2 N–H and O–H groups in total. The summed E-state index contributed by atoms with van der Waals surface area (Å²) >= 11 is 0. The van der Waals surface area contributed by atoms with Crippen LogP contribution >= 0.6 is 0 Å². The van der Waals surface area contributed by atoms with E-state index in [4.69, 9.17) is 10.5 Å². The fourth-order valence-corrected chi connectivity index (χ4v) is 1.89. The van der Waals surface area contributed by atoms with Gasteiger partial charge in [0.1, 0.15) is 6.10 Å². The van der Waals surface area contributed by atoms with Crippen molar-refractivity contribution in [1.29, 1.82) is 0 Å². The van der Waals surface area contributed by atoms with Crippen LogP contribution in [0.25, 0.3) is 0 Å². The van der Waals surface area contributed by atoms with Gasteiger partial charge < -0.3 is 10.5 Å². The number of hydrogen-bond donors (Lipinski definition) is 1. The Hall–Kier alpha value is -1.38.